The molecule has 1 aliphatic rings. The van der Waals surface area contributed by atoms with Crippen molar-refractivity contribution < 1.29 is 4.52 Å². The molecular formula is C15H19N3O. The van der Waals surface area contributed by atoms with Gasteiger partial charge in [-0.25, -0.2) is 0 Å². The summed E-state index contributed by atoms with van der Waals surface area (Å²) in [6, 6.07) is 8.45. The molecule has 3 rings (SSSR count). The first kappa shape index (κ1) is 12.2. The van der Waals surface area contributed by atoms with Crippen molar-refractivity contribution in [1.82, 2.24) is 10.1 Å². The van der Waals surface area contributed by atoms with E-state index in [1.165, 1.54) is 18.4 Å². The van der Waals surface area contributed by atoms with Gasteiger partial charge in [-0.1, -0.05) is 29.4 Å². The Morgan fingerprint density at radius 2 is 1.95 bits per heavy atom. The lowest BCUT2D eigenvalue weighted by Crippen LogP contribution is -2.29. The van der Waals surface area contributed by atoms with E-state index >= 15 is 0 Å². The summed E-state index contributed by atoms with van der Waals surface area (Å²) in [6.07, 6.45) is 4.10. The smallest absolute Gasteiger partial charge is 0.229 e. The number of benzene rings is 1. The van der Waals surface area contributed by atoms with Crippen molar-refractivity contribution in [2.45, 2.75) is 18.8 Å². The molecule has 1 aliphatic heterocycles. The van der Waals surface area contributed by atoms with E-state index in [1.807, 2.05) is 6.07 Å². The Hall–Kier alpha value is -1.81. The first-order chi connectivity index (χ1) is 9.25. The molecule has 1 aromatic carbocycles. The normalized spacial score (nSPS) is 17.7. The van der Waals surface area contributed by atoms with Crippen molar-refractivity contribution in [3.05, 3.63) is 36.0 Å². The van der Waals surface area contributed by atoms with Crippen LogP contribution in [0.1, 0.15) is 24.3 Å². The van der Waals surface area contributed by atoms with Gasteiger partial charge in [0.1, 0.15) is 0 Å². The maximum atomic E-state index is 5.86. The van der Waals surface area contributed by atoms with E-state index in [0.29, 0.717) is 11.8 Å². The summed E-state index contributed by atoms with van der Waals surface area (Å²) in [5, 5.41) is 3.79. The molecule has 0 saturated carbocycles. The number of nitrogens with zero attached hydrogens (tertiary/aromatic N) is 2. The highest BCUT2D eigenvalue weighted by Crippen LogP contribution is 2.36. The van der Waals surface area contributed by atoms with Crippen LogP contribution >= 0.6 is 0 Å². The summed E-state index contributed by atoms with van der Waals surface area (Å²) in [5.41, 5.74) is 9.30. The van der Waals surface area contributed by atoms with Crippen molar-refractivity contribution in [1.29, 1.82) is 0 Å². The Kier molecular flexibility index (Phi) is 3.25. The van der Waals surface area contributed by atoms with E-state index in [0.717, 1.165) is 24.2 Å². The van der Waals surface area contributed by atoms with Gasteiger partial charge in [0.25, 0.3) is 0 Å². The Morgan fingerprint density at radius 3 is 2.63 bits per heavy atom. The van der Waals surface area contributed by atoms with Gasteiger partial charge >= 0.3 is 0 Å². The lowest BCUT2D eigenvalue weighted by molar-refractivity contribution is 0.255. The lowest BCUT2D eigenvalue weighted by Gasteiger charge is -2.30. The number of rotatable bonds is 2. The molecule has 0 radical (unpaired) electrons. The van der Waals surface area contributed by atoms with Crippen LogP contribution < -0.4 is 5.73 Å². The lowest BCUT2D eigenvalue weighted by atomic mass is 9.85. The molecule has 0 atom stereocenters. The van der Waals surface area contributed by atoms with E-state index < -0.39 is 0 Å². The summed E-state index contributed by atoms with van der Waals surface area (Å²) in [5.74, 6) is 1.00. The van der Waals surface area contributed by atoms with Gasteiger partial charge in [-0.15, -0.1) is 0 Å². The zero-order chi connectivity index (χ0) is 13.2. The third-order valence-electron chi connectivity index (χ3n) is 4.01. The monoisotopic (exact) mass is 257 g/mol. The first-order valence-corrected chi connectivity index (χ1v) is 6.73. The standard InChI is InChI=1S/C15H19N3O/c1-18-8-6-11(7-9-18)12-4-2-3-5-13(12)14-10-17-19-15(14)16/h2-5,10-11H,6-9,16H2,1H3. The van der Waals surface area contributed by atoms with E-state index in [2.05, 4.69) is 35.3 Å². The topological polar surface area (TPSA) is 55.3 Å². The van der Waals surface area contributed by atoms with Gasteiger partial charge in [-0.05, 0) is 50.0 Å². The van der Waals surface area contributed by atoms with Crippen molar-refractivity contribution >= 4 is 5.88 Å². The molecule has 0 amide bonds. The molecule has 1 saturated heterocycles. The van der Waals surface area contributed by atoms with Crippen LogP contribution in [0.4, 0.5) is 5.88 Å². The zero-order valence-corrected chi connectivity index (χ0v) is 11.2. The molecule has 1 aromatic heterocycles. The quantitative estimate of drug-likeness (QED) is 0.898. The van der Waals surface area contributed by atoms with Gasteiger partial charge in [-0.3, -0.25) is 0 Å². The van der Waals surface area contributed by atoms with E-state index in [4.69, 9.17) is 10.3 Å². The third kappa shape index (κ3) is 2.36. The predicted molar refractivity (Wildman–Crippen MR) is 75.8 cm³/mol. The molecular weight excluding hydrogens is 238 g/mol. The molecule has 2 N–H and O–H groups in total. The van der Waals surface area contributed by atoms with Crippen molar-refractivity contribution in [2.75, 3.05) is 25.9 Å². The average molecular weight is 257 g/mol. The van der Waals surface area contributed by atoms with Crippen molar-refractivity contribution in [3.8, 4) is 11.1 Å². The Labute approximate surface area is 113 Å². The van der Waals surface area contributed by atoms with Crippen LogP contribution in [0.3, 0.4) is 0 Å². The first-order valence-electron chi connectivity index (χ1n) is 6.73. The maximum Gasteiger partial charge on any atom is 0.229 e. The van der Waals surface area contributed by atoms with Crippen LogP contribution in [0.5, 0.6) is 0 Å². The number of aromatic nitrogens is 1. The largest absolute Gasteiger partial charge is 0.367 e. The van der Waals surface area contributed by atoms with E-state index in [9.17, 15) is 0 Å². The van der Waals surface area contributed by atoms with Gasteiger partial charge in [-0.2, -0.15) is 0 Å². The molecule has 100 valence electrons. The minimum absolute atomic E-state index is 0.403. The minimum Gasteiger partial charge on any atom is -0.367 e. The van der Waals surface area contributed by atoms with Crippen LogP contribution in [0.15, 0.2) is 35.0 Å². The highest BCUT2D eigenvalue weighted by Gasteiger charge is 2.22. The number of piperidine rings is 1. The maximum absolute atomic E-state index is 5.86. The molecule has 4 heteroatoms. The summed E-state index contributed by atoms with van der Waals surface area (Å²) in [6.45, 7) is 2.30. The molecule has 0 aliphatic carbocycles. The second kappa shape index (κ2) is 5.05. The highest BCUT2D eigenvalue weighted by atomic mass is 16.5. The molecule has 2 heterocycles. The molecule has 2 aromatic rings. The van der Waals surface area contributed by atoms with Gasteiger partial charge in [0, 0.05) is 0 Å². The van der Waals surface area contributed by atoms with E-state index in [-0.39, 0.29) is 0 Å². The Balaban J connectivity index is 1.96. The number of anilines is 1. The highest BCUT2D eigenvalue weighted by molar-refractivity contribution is 5.75. The summed E-state index contributed by atoms with van der Waals surface area (Å²) < 4.78 is 5.00. The third-order valence-corrected chi connectivity index (χ3v) is 4.01. The summed E-state index contributed by atoms with van der Waals surface area (Å²) in [4.78, 5) is 2.38. The number of nitrogen functional groups attached to an aromatic ring is 1. The van der Waals surface area contributed by atoms with Crippen LogP contribution in [0, 0.1) is 0 Å². The second-order valence-corrected chi connectivity index (χ2v) is 5.27. The SMILES string of the molecule is CN1CCC(c2ccccc2-c2cnoc2N)CC1. The predicted octanol–water partition coefficient (Wildman–Crippen LogP) is 2.73. The average Bonchev–Trinajstić information content (AvgIpc) is 2.86. The second-order valence-electron chi connectivity index (χ2n) is 5.27. The van der Waals surface area contributed by atoms with Crippen LogP contribution in [0.2, 0.25) is 0 Å². The van der Waals surface area contributed by atoms with Crippen molar-refractivity contribution in [3.63, 3.8) is 0 Å². The molecule has 19 heavy (non-hydrogen) atoms. The molecule has 0 spiro atoms. The fourth-order valence-electron chi connectivity index (χ4n) is 2.87. The molecule has 4 nitrogen and oxygen atoms in total. The minimum atomic E-state index is 0.403. The van der Waals surface area contributed by atoms with Crippen molar-refractivity contribution in [2.24, 2.45) is 0 Å². The molecule has 0 bridgehead atoms. The van der Waals surface area contributed by atoms with Gasteiger partial charge in [0.05, 0.1) is 11.8 Å². The number of hydrogen-bond donors (Lipinski definition) is 1. The molecule has 0 unspecified atom stereocenters. The number of hydrogen-bond acceptors (Lipinski definition) is 4. The van der Waals surface area contributed by atoms with E-state index in [1.54, 1.807) is 6.20 Å². The van der Waals surface area contributed by atoms with Gasteiger partial charge in [0.2, 0.25) is 5.88 Å². The van der Waals surface area contributed by atoms with Crippen LogP contribution in [0.25, 0.3) is 11.1 Å². The Morgan fingerprint density at radius 1 is 1.21 bits per heavy atom. The number of nitrogens with two attached hydrogens (primary N) is 1. The van der Waals surface area contributed by atoms with Gasteiger partial charge < -0.3 is 15.2 Å². The number of likely N-dealkylation sites (tertiary alicyclic amines) is 1. The molecule has 1 fully saturated rings. The van der Waals surface area contributed by atoms with Gasteiger partial charge in [0.15, 0.2) is 0 Å². The van der Waals surface area contributed by atoms with Crippen LogP contribution in [-0.4, -0.2) is 30.2 Å². The zero-order valence-electron chi connectivity index (χ0n) is 11.2. The fraction of sp³-hybridized carbons (Fsp3) is 0.400. The summed E-state index contributed by atoms with van der Waals surface area (Å²) in [7, 11) is 2.18. The Bertz CT molecular complexity index is 556. The van der Waals surface area contributed by atoms with Crippen LogP contribution in [-0.2, 0) is 0 Å². The summed E-state index contributed by atoms with van der Waals surface area (Å²) >= 11 is 0. The fourth-order valence-corrected chi connectivity index (χ4v) is 2.87.